The van der Waals surface area contributed by atoms with Crippen LogP contribution < -0.4 is 10.1 Å². The Morgan fingerprint density at radius 3 is 2.57 bits per heavy atom. The summed E-state index contributed by atoms with van der Waals surface area (Å²) in [5.41, 5.74) is 2.19. The van der Waals surface area contributed by atoms with Crippen LogP contribution in [-0.4, -0.2) is 19.6 Å². The zero-order valence-corrected chi connectivity index (χ0v) is 13.5. The number of nitrogens with one attached hydrogen (secondary N) is 1. The first-order chi connectivity index (χ1) is 10.2. The molecular formula is C17H18BrNO2. The largest absolute Gasteiger partial charge is 0.497 e. The number of methoxy groups -OCH3 is 1. The molecule has 0 spiro atoms. The number of carbonyl (C=O) groups excluding carboxylic acids is 1. The van der Waals surface area contributed by atoms with Gasteiger partial charge in [0, 0.05) is 11.0 Å². The van der Waals surface area contributed by atoms with Crippen molar-refractivity contribution in [2.45, 2.75) is 12.8 Å². The smallest absolute Gasteiger partial charge is 0.224 e. The molecule has 1 N–H and O–H groups in total. The Kier molecular flexibility index (Phi) is 5.81. The summed E-state index contributed by atoms with van der Waals surface area (Å²) in [6.45, 7) is 0.638. The molecule has 2 aromatic carbocycles. The minimum absolute atomic E-state index is 0.0432. The highest BCUT2D eigenvalue weighted by Gasteiger charge is 2.03. The fraction of sp³-hybridized carbons (Fsp3) is 0.235. The number of rotatable bonds is 6. The highest BCUT2D eigenvalue weighted by molar-refractivity contribution is 9.10. The van der Waals surface area contributed by atoms with E-state index in [0.29, 0.717) is 13.0 Å². The molecule has 0 saturated heterocycles. The van der Waals surface area contributed by atoms with Gasteiger partial charge in [0.25, 0.3) is 0 Å². The predicted octanol–water partition coefficient (Wildman–Crippen LogP) is 3.36. The fourth-order valence-corrected chi connectivity index (χ4v) is 2.48. The first-order valence-corrected chi connectivity index (χ1v) is 7.61. The molecule has 1 amide bonds. The summed E-state index contributed by atoms with van der Waals surface area (Å²) < 4.78 is 6.11. The number of carbonyl (C=O) groups is 1. The summed E-state index contributed by atoms with van der Waals surface area (Å²) in [5, 5.41) is 2.94. The van der Waals surface area contributed by atoms with Crippen molar-refractivity contribution in [3.05, 3.63) is 64.1 Å². The van der Waals surface area contributed by atoms with Gasteiger partial charge in [0.15, 0.2) is 0 Å². The second kappa shape index (κ2) is 7.84. The van der Waals surface area contributed by atoms with Gasteiger partial charge in [-0.3, -0.25) is 4.79 Å². The minimum atomic E-state index is 0.0432. The Morgan fingerprint density at radius 1 is 1.14 bits per heavy atom. The third kappa shape index (κ3) is 5.23. The average molecular weight is 348 g/mol. The van der Waals surface area contributed by atoms with Gasteiger partial charge in [-0.25, -0.2) is 0 Å². The first kappa shape index (κ1) is 15.6. The van der Waals surface area contributed by atoms with Gasteiger partial charge in [0.1, 0.15) is 5.75 Å². The van der Waals surface area contributed by atoms with Crippen molar-refractivity contribution in [1.29, 1.82) is 0 Å². The van der Waals surface area contributed by atoms with E-state index in [-0.39, 0.29) is 5.91 Å². The molecule has 0 radical (unpaired) electrons. The fourth-order valence-electron chi connectivity index (χ4n) is 2.03. The monoisotopic (exact) mass is 347 g/mol. The van der Waals surface area contributed by atoms with Crippen molar-refractivity contribution >= 4 is 21.8 Å². The van der Waals surface area contributed by atoms with E-state index < -0.39 is 0 Å². The lowest BCUT2D eigenvalue weighted by Crippen LogP contribution is -2.27. The van der Waals surface area contributed by atoms with Gasteiger partial charge < -0.3 is 10.1 Å². The van der Waals surface area contributed by atoms with E-state index in [2.05, 4.69) is 21.2 Å². The Labute approximate surface area is 133 Å². The van der Waals surface area contributed by atoms with Crippen molar-refractivity contribution in [2.75, 3.05) is 13.7 Å². The van der Waals surface area contributed by atoms with Crippen LogP contribution in [0.4, 0.5) is 0 Å². The van der Waals surface area contributed by atoms with E-state index in [9.17, 15) is 4.79 Å². The Hall–Kier alpha value is -1.81. The van der Waals surface area contributed by atoms with Gasteiger partial charge in [-0.05, 0) is 41.8 Å². The first-order valence-electron chi connectivity index (χ1n) is 6.81. The molecule has 0 bridgehead atoms. The zero-order valence-electron chi connectivity index (χ0n) is 11.9. The standard InChI is InChI=1S/C17H18BrNO2/c1-21-16-7-5-13(6-8-16)9-10-19-17(20)12-14-3-2-4-15(18)11-14/h2-8,11H,9-10,12H2,1H3,(H,19,20). The molecule has 4 heteroatoms. The van der Waals surface area contributed by atoms with Crippen molar-refractivity contribution < 1.29 is 9.53 Å². The maximum atomic E-state index is 11.9. The van der Waals surface area contributed by atoms with Gasteiger partial charge in [-0.1, -0.05) is 40.2 Å². The third-order valence-corrected chi connectivity index (χ3v) is 3.64. The summed E-state index contributed by atoms with van der Waals surface area (Å²) in [6, 6.07) is 15.7. The van der Waals surface area contributed by atoms with E-state index in [4.69, 9.17) is 4.74 Å². The SMILES string of the molecule is COc1ccc(CCNC(=O)Cc2cccc(Br)c2)cc1. The average Bonchev–Trinajstić information content (AvgIpc) is 2.48. The number of benzene rings is 2. The maximum Gasteiger partial charge on any atom is 0.224 e. The topological polar surface area (TPSA) is 38.3 Å². The van der Waals surface area contributed by atoms with Crippen LogP contribution in [-0.2, 0) is 17.6 Å². The molecule has 0 heterocycles. The molecule has 2 aromatic rings. The van der Waals surface area contributed by atoms with Gasteiger partial charge in [-0.2, -0.15) is 0 Å². The van der Waals surface area contributed by atoms with Crippen LogP contribution in [0.25, 0.3) is 0 Å². The molecule has 0 aliphatic rings. The van der Waals surface area contributed by atoms with Crippen molar-refractivity contribution in [3.8, 4) is 5.75 Å². The quantitative estimate of drug-likeness (QED) is 0.869. The number of hydrogen-bond donors (Lipinski definition) is 1. The number of hydrogen-bond acceptors (Lipinski definition) is 2. The molecule has 21 heavy (non-hydrogen) atoms. The molecule has 3 nitrogen and oxygen atoms in total. The highest BCUT2D eigenvalue weighted by Crippen LogP contribution is 2.12. The van der Waals surface area contributed by atoms with Crippen molar-refractivity contribution in [3.63, 3.8) is 0 Å². The number of ether oxygens (including phenoxy) is 1. The predicted molar refractivity (Wildman–Crippen MR) is 87.6 cm³/mol. The van der Waals surface area contributed by atoms with Gasteiger partial charge in [0.05, 0.1) is 13.5 Å². The second-order valence-electron chi connectivity index (χ2n) is 4.75. The Morgan fingerprint density at radius 2 is 1.90 bits per heavy atom. The molecule has 2 rings (SSSR count). The lowest BCUT2D eigenvalue weighted by molar-refractivity contribution is -0.120. The van der Waals surface area contributed by atoms with E-state index in [1.165, 1.54) is 5.56 Å². The minimum Gasteiger partial charge on any atom is -0.497 e. The van der Waals surface area contributed by atoms with Gasteiger partial charge in [0.2, 0.25) is 5.91 Å². The summed E-state index contributed by atoms with van der Waals surface area (Å²) in [7, 11) is 1.65. The summed E-state index contributed by atoms with van der Waals surface area (Å²) in [6.07, 6.45) is 1.22. The normalized spacial score (nSPS) is 10.2. The molecule has 0 aromatic heterocycles. The third-order valence-electron chi connectivity index (χ3n) is 3.15. The number of halogens is 1. The van der Waals surface area contributed by atoms with Crippen LogP contribution in [0.2, 0.25) is 0 Å². The summed E-state index contributed by atoms with van der Waals surface area (Å²) >= 11 is 3.41. The van der Waals surface area contributed by atoms with Crippen LogP contribution in [0.3, 0.4) is 0 Å². The lowest BCUT2D eigenvalue weighted by atomic mass is 10.1. The molecule has 0 unspecified atom stereocenters. The maximum absolute atomic E-state index is 11.9. The Balaban J connectivity index is 1.76. The molecule has 0 aliphatic carbocycles. The van der Waals surface area contributed by atoms with Crippen molar-refractivity contribution in [1.82, 2.24) is 5.32 Å². The molecular weight excluding hydrogens is 330 g/mol. The van der Waals surface area contributed by atoms with Crippen LogP contribution in [0.1, 0.15) is 11.1 Å². The molecule has 0 fully saturated rings. The van der Waals surface area contributed by atoms with E-state index in [1.807, 2.05) is 48.5 Å². The molecule has 0 atom stereocenters. The lowest BCUT2D eigenvalue weighted by Gasteiger charge is -2.06. The second-order valence-corrected chi connectivity index (χ2v) is 5.67. The van der Waals surface area contributed by atoms with E-state index in [1.54, 1.807) is 7.11 Å². The van der Waals surface area contributed by atoms with Crippen LogP contribution in [0.15, 0.2) is 53.0 Å². The zero-order chi connectivity index (χ0) is 15.1. The van der Waals surface area contributed by atoms with Crippen LogP contribution in [0.5, 0.6) is 5.75 Å². The van der Waals surface area contributed by atoms with Crippen LogP contribution in [0, 0.1) is 0 Å². The molecule has 0 saturated carbocycles. The summed E-state index contributed by atoms with van der Waals surface area (Å²) in [5.74, 6) is 0.888. The van der Waals surface area contributed by atoms with Crippen molar-refractivity contribution in [2.24, 2.45) is 0 Å². The Bertz CT molecular complexity index is 596. The van der Waals surface area contributed by atoms with Crippen LogP contribution >= 0.6 is 15.9 Å². The van der Waals surface area contributed by atoms with Gasteiger partial charge in [-0.15, -0.1) is 0 Å². The van der Waals surface area contributed by atoms with E-state index >= 15 is 0 Å². The van der Waals surface area contributed by atoms with E-state index in [0.717, 1.165) is 22.2 Å². The summed E-state index contributed by atoms with van der Waals surface area (Å²) in [4.78, 5) is 11.9. The molecule has 0 aliphatic heterocycles. The molecule has 110 valence electrons. The highest BCUT2D eigenvalue weighted by atomic mass is 79.9. The van der Waals surface area contributed by atoms with Gasteiger partial charge >= 0.3 is 0 Å². The number of amides is 1.